The maximum atomic E-state index is 4.45. The number of hydrogen-bond acceptors (Lipinski definition) is 5. The van der Waals surface area contributed by atoms with Crippen LogP contribution in [0.4, 0.5) is 0 Å². The summed E-state index contributed by atoms with van der Waals surface area (Å²) >= 11 is 3.33. The summed E-state index contributed by atoms with van der Waals surface area (Å²) in [7, 11) is 0. The SMILES string of the molecule is CCc1nsc(SCCNC(C)CCC(C)C)n1. The first kappa shape index (κ1) is 15.9. The lowest BCUT2D eigenvalue weighted by atomic mass is 10.0. The van der Waals surface area contributed by atoms with Gasteiger partial charge >= 0.3 is 0 Å². The van der Waals surface area contributed by atoms with Gasteiger partial charge in [0.15, 0.2) is 4.34 Å². The van der Waals surface area contributed by atoms with Crippen LogP contribution in [0, 0.1) is 5.92 Å². The van der Waals surface area contributed by atoms with E-state index in [9.17, 15) is 0 Å². The molecular weight excluding hydrogens is 262 g/mol. The molecule has 1 N–H and O–H groups in total. The van der Waals surface area contributed by atoms with Crippen LogP contribution in [0.1, 0.15) is 46.4 Å². The minimum Gasteiger partial charge on any atom is -0.313 e. The third kappa shape index (κ3) is 6.71. The van der Waals surface area contributed by atoms with Crippen molar-refractivity contribution in [2.45, 2.75) is 57.3 Å². The lowest BCUT2D eigenvalue weighted by Gasteiger charge is -2.14. The van der Waals surface area contributed by atoms with Crippen LogP contribution in [0.5, 0.6) is 0 Å². The Labute approximate surface area is 119 Å². The summed E-state index contributed by atoms with van der Waals surface area (Å²) in [6, 6.07) is 0.619. The fraction of sp³-hybridized carbons (Fsp3) is 0.846. The Morgan fingerprint density at radius 2 is 2.06 bits per heavy atom. The molecule has 0 bridgehead atoms. The zero-order valence-electron chi connectivity index (χ0n) is 11.9. The molecule has 0 radical (unpaired) electrons. The molecule has 18 heavy (non-hydrogen) atoms. The van der Waals surface area contributed by atoms with E-state index in [1.165, 1.54) is 24.4 Å². The highest BCUT2D eigenvalue weighted by Gasteiger charge is 2.05. The zero-order valence-corrected chi connectivity index (χ0v) is 13.5. The van der Waals surface area contributed by atoms with Crippen LogP contribution in [-0.2, 0) is 6.42 Å². The highest BCUT2D eigenvalue weighted by molar-refractivity contribution is 8.00. The molecule has 0 aliphatic rings. The molecule has 1 aromatic rings. The quantitative estimate of drug-likeness (QED) is 0.556. The van der Waals surface area contributed by atoms with E-state index in [1.807, 2.05) is 0 Å². The monoisotopic (exact) mass is 287 g/mol. The Bertz CT molecular complexity index is 326. The molecule has 0 aromatic carbocycles. The molecule has 1 atom stereocenters. The molecule has 1 aromatic heterocycles. The summed E-state index contributed by atoms with van der Waals surface area (Å²) in [4.78, 5) is 4.45. The van der Waals surface area contributed by atoms with Crippen LogP contribution < -0.4 is 5.32 Å². The Morgan fingerprint density at radius 3 is 2.67 bits per heavy atom. The van der Waals surface area contributed by atoms with Gasteiger partial charge in [-0.3, -0.25) is 0 Å². The molecule has 0 amide bonds. The van der Waals surface area contributed by atoms with Gasteiger partial charge in [-0.2, -0.15) is 4.37 Å². The normalized spacial score (nSPS) is 13.2. The number of hydrogen-bond donors (Lipinski definition) is 1. The Balaban J connectivity index is 2.07. The summed E-state index contributed by atoms with van der Waals surface area (Å²) in [5.74, 6) is 2.85. The lowest BCUT2D eigenvalue weighted by molar-refractivity contribution is 0.460. The van der Waals surface area contributed by atoms with Crippen LogP contribution in [0.15, 0.2) is 4.34 Å². The first-order valence-electron chi connectivity index (χ1n) is 6.80. The Morgan fingerprint density at radius 1 is 1.28 bits per heavy atom. The first-order valence-corrected chi connectivity index (χ1v) is 8.56. The maximum Gasteiger partial charge on any atom is 0.170 e. The number of nitrogens with zero attached hydrogens (tertiary/aromatic N) is 2. The van der Waals surface area contributed by atoms with Gasteiger partial charge in [0, 0.05) is 24.8 Å². The predicted molar refractivity (Wildman–Crippen MR) is 81.5 cm³/mol. The smallest absolute Gasteiger partial charge is 0.170 e. The Hall–Kier alpha value is -0.130. The summed E-state index contributed by atoms with van der Waals surface area (Å²) in [6.07, 6.45) is 3.50. The fourth-order valence-corrected chi connectivity index (χ4v) is 3.21. The van der Waals surface area contributed by atoms with Crippen molar-refractivity contribution in [2.24, 2.45) is 5.92 Å². The molecule has 0 saturated heterocycles. The van der Waals surface area contributed by atoms with Gasteiger partial charge < -0.3 is 5.32 Å². The molecule has 5 heteroatoms. The van der Waals surface area contributed by atoms with Crippen LogP contribution >= 0.6 is 23.3 Å². The van der Waals surface area contributed by atoms with E-state index in [-0.39, 0.29) is 0 Å². The molecule has 1 rings (SSSR count). The van der Waals surface area contributed by atoms with Crippen LogP contribution in [0.3, 0.4) is 0 Å². The van der Waals surface area contributed by atoms with E-state index in [0.717, 1.165) is 34.8 Å². The van der Waals surface area contributed by atoms with Gasteiger partial charge in [-0.25, -0.2) is 4.98 Å². The molecule has 104 valence electrons. The molecule has 1 unspecified atom stereocenters. The molecule has 0 aliphatic heterocycles. The first-order chi connectivity index (χ1) is 8.61. The van der Waals surface area contributed by atoms with Crippen molar-refractivity contribution >= 4 is 23.3 Å². The summed E-state index contributed by atoms with van der Waals surface area (Å²) in [5.41, 5.74) is 0. The molecule has 3 nitrogen and oxygen atoms in total. The van der Waals surface area contributed by atoms with Crippen molar-refractivity contribution in [1.82, 2.24) is 14.7 Å². The fourth-order valence-electron chi connectivity index (χ4n) is 1.57. The predicted octanol–water partition coefficient (Wildman–Crippen LogP) is 3.61. The second-order valence-electron chi connectivity index (χ2n) is 5.00. The van der Waals surface area contributed by atoms with Gasteiger partial charge in [0.25, 0.3) is 0 Å². The van der Waals surface area contributed by atoms with Crippen molar-refractivity contribution in [3.8, 4) is 0 Å². The average Bonchev–Trinajstić information content (AvgIpc) is 2.80. The summed E-state index contributed by atoms with van der Waals surface area (Å²) in [6.45, 7) is 9.97. The maximum absolute atomic E-state index is 4.45. The van der Waals surface area contributed by atoms with Gasteiger partial charge in [-0.05, 0) is 37.2 Å². The molecule has 0 aliphatic carbocycles. The molecule has 1 heterocycles. The highest BCUT2D eigenvalue weighted by atomic mass is 32.2. The third-order valence-electron chi connectivity index (χ3n) is 2.76. The van der Waals surface area contributed by atoms with Crippen LogP contribution in [0.25, 0.3) is 0 Å². The second-order valence-corrected chi connectivity index (χ2v) is 7.10. The zero-order chi connectivity index (χ0) is 13.4. The van der Waals surface area contributed by atoms with Crippen molar-refractivity contribution in [3.05, 3.63) is 5.82 Å². The van der Waals surface area contributed by atoms with Gasteiger partial charge in [0.05, 0.1) is 0 Å². The van der Waals surface area contributed by atoms with E-state index in [1.54, 1.807) is 11.8 Å². The second kappa shape index (κ2) is 8.88. The van der Waals surface area contributed by atoms with Gasteiger partial charge in [0.1, 0.15) is 5.82 Å². The van der Waals surface area contributed by atoms with Crippen molar-refractivity contribution in [1.29, 1.82) is 0 Å². The van der Waals surface area contributed by atoms with E-state index >= 15 is 0 Å². The summed E-state index contributed by atoms with van der Waals surface area (Å²) < 4.78 is 5.39. The number of aromatic nitrogens is 2. The largest absolute Gasteiger partial charge is 0.313 e. The van der Waals surface area contributed by atoms with Gasteiger partial charge in [-0.1, -0.05) is 32.5 Å². The number of rotatable bonds is 9. The van der Waals surface area contributed by atoms with Gasteiger partial charge in [-0.15, -0.1) is 0 Å². The average molecular weight is 287 g/mol. The summed E-state index contributed by atoms with van der Waals surface area (Å²) in [5, 5.41) is 3.56. The highest BCUT2D eigenvalue weighted by Crippen LogP contribution is 2.19. The van der Waals surface area contributed by atoms with E-state index in [2.05, 4.69) is 42.4 Å². The molecular formula is C13H25N3S2. The van der Waals surface area contributed by atoms with Crippen LogP contribution in [-0.4, -0.2) is 27.7 Å². The number of aryl methyl sites for hydroxylation is 1. The van der Waals surface area contributed by atoms with Gasteiger partial charge in [0.2, 0.25) is 0 Å². The topological polar surface area (TPSA) is 37.8 Å². The lowest BCUT2D eigenvalue weighted by Crippen LogP contribution is -2.28. The van der Waals surface area contributed by atoms with Crippen molar-refractivity contribution < 1.29 is 0 Å². The molecule has 0 spiro atoms. The van der Waals surface area contributed by atoms with Crippen LogP contribution in [0.2, 0.25) is 0 Å². The standard InChI is InChI=1S/C13H25N3S2/c1-5-12-15-13(18-16-12)17-9-8-14-11(4)7-6-10(2)3/h10-11,14H,5-9H2,1-4H3. The van der Waals surface area contributed by atoms with E-state index in [4.69, 9.17) is 0 Å². The molecule has 0 saturated carbocycles. The van der Waals surface area contributed by atoms with Crippen molar-refractivity contribution in [3.63, 3.8) is 0 Å². The number of thioether (sulfide) groups is 1. The number of nitrogens with one attached hydrogen (secondary N) is 1. The Kier molecular flexibility index (Phi) is 7.86. The molecule has 0 fully saturated rings. The third-order valence-corrected chi connectivity index (χ3v) is 4.64. The minimum atomic E-state index is 0.619. The van der Waals surface area contributed by atoms with E-state index < -0.39 is 0 Å². The van der Waals surface area contributed by atoms with Crippen molar-refractivity contribution in [2.75, 3.05) is 12.3 Å². The minimum absolute atomic E-state index is 0.619. The van der Waals surface area contributed by atoms with E-state index in [0.29, 0.717) is 6.04 Å².